The molecular weight excluding hydrogens is 372 g/mol. The number of aryl methyl sites for hydroxylation is 2. The summed E-state index contributed by atoms with van der Waals surface area (Å²) in [5, 5.41) is 9.95. The molecule has 2 N–H and O–H groups in total. The fraction of sp³-hybridized carbons (Fsp3) is 0.500. The molecule has 1 aliphatic heterocycles. The van der Waals surface area contributed by atoms with Crippen LogP contribution in [0.4, 0.5) is 5.13 Å². The van der Waals surface area contributed by atoms with E-state index in [-0.39, 0.29) is 24.4 Å². The second-order valence-electron chi connectivity index (χ2n) is 5.16. The molecule has 2 aromatic heterocycles. The quantitative estimate of drug-likeness (QED) is 0.838. The number of thiazole rings is 2. The first-order valence-electron chi connectivity index (χ1n) is 7.12. The minimum absolute atomic E-state index is 0. The molecule has 0 aromatic carbocycles. The summed E-state index contributed by atoms with van der Waals surface area (Å²) < 4.78 is 0. The number of aromatic nitrogens is 2. The Bertz CT molecular complexity index is 667. The van der Waals surface area contributed by atoms with Gasteiger partial charge in [-0.3, -0.25) is 4.79 Å². The second-order valence-corrected chi connectivity index (χ2v) is 8.37. The van der Waals surface area contributed by atoms with Gasteiger partial charge in [0.1, 0.15) is 0 Å². The minimum Gasteiger partial charge on any atom is -0.312 e. The number of carbonyl (C=O) groups is 1. The first-order valence-corrected chi connectivity index (χ1v) is 9.98. The Kier molecular flexibility index (Phi) is 6.84. The summed E-state index contributed by atoms with van der Waals surface area (Å²) in [6.45, 7) is 4.96. The van der Waals surface area contributed by atoms with Crippen LogP contribution in [0.3, 0.4) is 0 Å². The molecule has 0 saturated carbocycles. The predicted octanol–water partition coefficient (Wildman–Crippen LogP) is 3.34. The molecule has 23 heavy (non-hydrogen) atoms. The van der Waals surface area contributed by atoms with Crippen molar-refractivity contribution in [2.45, 2.75) is 26.3 Å². The molecule has 9 heteroatoms. The smallest absolute Gasteiger partial charge is 0.227 e. The Morgan fingerprint density at radius 3 is 2.91 bits per heavy atom. The molecule has 126 valence electrons. The topological polar surface area (TPSA) is 66.9 Å². The second kappa shape index (κ2) is 8.43. The van der Waals surface area contributed by atoms with E-state index in [0.29, 0.717) is 11.6 Å². The maximum absolute atomic E-state index is 12.1. The molecule has 0 spiro atoms. The van der Waals surface area contributed by atoms with E-state index in [1.54, 1.807) is 11.3 Å². The van der Waals surface area contributed by atoms with Crippen molar-refractivity contribution in [3.05, 3.63) is 16.1 Å². The third-order valence-corrected chi connectivity index (χ3v) is 6.30. The van der Waals surface area contributed by atoms with E-state index >= 15 is 0 Å². The fourth-order valence-corrected chi connectivity index (χ4v) is 4.97. The zero-order valence-electron chi connectivity index (χ0n) is 12.9. The molecule has 1 unspecified atom stereocenters. The number of nitrogens with zero attached hydrogens (tertiary/aromatic N) is 2. The van der Waals surface area contributed by atoms with Crippen molar-refractivity contribution in [3.63, 3.8) is 0 Å². The SMILES string of the molecule is Cc1nc(C)c(-c2csc(NC(=O)CC3CSCCN3)n2)s1.Cl. The highest BCUT2D eigenvalue weighted by Crippen LogP contribution is 2.32. The number of nitrogens with one attached hydrogen (secondary N) is 2. The minimum atomic E-state index is 0. The molecule has 1 amide bonds. The van der Waals surface area contributed by atoms with Gasteiger partial charge in [0.15, 0.2) is 5.13 Å². The zero-order chi connectivity index (χ0) is 15.5. The number of rotatable bonds is 4. The van der Waals surface area contributed by atoms with Crippen LogP contribution < -0.4 is 10.6 Å². The standard InChI is InChI=1S/C14H18N4OS3.ClH/c1-8-13(22-9(2)16-8)11-7-21-14(17-11)18-12(19)5-10-6-20-4-3-15-10;/h7,10,15H,3-6H2,1-2H3,(H,17,18,19);1H. The largest absolute Gasteiger partial charge is 0.312 e. The number of anilines is 1. The lowest BCUT2D eigenvalue weighted by atomic mass is 10.2. The summed E-state index contributed by atoms with van der Waals surface area (Å²) in [6, 6.07) is 0.268. The van der Waals surface area contributed by atoms with Crippen LogP contribution in [-0.2, 0) is 4.79 Å². The first-order chi connectivity index (χ1) is 10.6. The van der Waals surface area contributed by atoms with E-state index in [2.05, 4.69) is 20.6 Å². The molecule has 3 heterocycles. The lowest BCUT2D eigenvalue weighted by molar-refractivity contribution is -0.116. The molecule has 2 aromatic rings. The van der Waals surface area contributed by atoms with Crippen molar-refractivity contribution >= 4 is 57.9 Å². The number of hydrogen-bond acceptors (Lipinski definition) is 7. The van der Waals surface area contributed by atoms with Gasteiger partial charge >= 0.3 is 0 Å². The van der Waals surface area contributed by atoms with Crippen LogP contribution >= 0.6 is 46.8 Å². The predicted molar refractivity (Wildman–Crippen MR) is 102 cm³/mol. The monoisotopic (exact) mass is 390 g/mol. The van der Waals surface area contributed by atoms with Crippen LogP contribution in [0.5, 0.6) is 0 Å². The Morgan fingerprint density at radius 1 is 1.43 bits per heavy atom. The van der Waals surface area contributed by atoms with Gasteiger partial charge in [-0.1, -0.05) is 0 Å². The molecule has 1 atom stereocenters. The van der Waals surface area contributed by atoms with Crippen LogP contribution in [0.25, 0.3) is 10.6 Å². The fourth-order valence-electron chi connectivity index (χ4n) is 2.35. The summed E-state index contributed by atoms with van der Waals surface area (Å²) in [4.78, 5) is 22.1. The Balaban J connectivity index is 0.00000192. The van der Waals surface area contributed by atoms with Gasteiger partial charge in [-0.05, 0) is 13.8 Å². The van der Waals surface area contributed by atoms with E-state index in [9.17, 15) is 4.79 Å². The van der Waals surface area contributed by atoms with Gasteiger partial charge in [0, 0.05) is 35.9 Å². The highest BCUT2D eigenvalue weighted by molar-refractivity contribution is 7.99. The zero-order valence-corrected chi connectivity index (χ0v) is 16.2. The van der Waals surface area contributed by atoms with Crippen molar-refractivity contribution in [3.8, 4) is 10.6 Å². The van der Waals surface area contributed by atoms with Gasteiger partial charge in [0.25, 0.3) is 0 Å². The van der Waals surface area contributed by atoms with Gasteiger partial charge in [-0.15, -0.1) is 35.1 Å². The van der Waals surface area contributed by atoms with Crippen molar-refractivity contribution < 1.29 is 4.79 Å². The van der Waals surface area contributed by atoms with Gasteiger partial charge in [-0.2, -0.15) is 11.8 Å². The van der Waals surface area contributed by atoms with E-state index in [0.717, 1.165) is 39.3 Å². The Morgan fingerprint density at radius 2 is 2.26 bits per heavy atom. The molecule has 1 saturated heterocycles. The average Bonchev–Trinajstić information content (AvgIpc) is 3.06. The maximum atomic E-state index is 12.1. The number of halogens is 1. The molecule has 5 nitrogen and oxygen atoms in total. The summed E-state index contributed by atoms with van der Waals surface area (Å²) in [5.74, 6) is 2.15. The molecule has 3 rings (SSSR count). The van der Waals surface area contributed by atoms with Crippen LogP contribution in [0, 0.1) is 13.8 Å². The van der Waals surface area contributed by atoms with Gasteiger partial charge < -0.3 is 10.6 Å². The molecule has 1 fully saturated rings. The van der Waals surface area contributed by atoms with Crippen molar-refractivity contribution in [2.75, 3.05) is 23.4 Å². The average molecular weight is 391 g/mol. The molecule has 0 radical (unpaired) electrons. The van der Waals surface area contributed by atoms with E-state index in [1.165, 1.54) is 11.3 Å². The van der Waals surface area contributed by atoms with Crippen LogP contribution in [0.15, 0.2) is 5.38 Å². The van der Waals surface area contributed by atoms with Crippen LogP contribution in [0.2, 0.25) is 0 Å². The number of amides is 1. The van der Waals surface area contributed by atoms with Crippen molar-refractivity contribution in [1.29, 1.82) is 0 Å². The van der Waals surface area contributed by atoms with Crippen LogP contribution in [0.1, 0.15) is 17.1 Å². The third-order valence-electron chi connectivity index (χ3n) is 3.32. The molecule has 1 aliphatic rings. The van der Waals surface area contributed by atoms with Crippen molar-refractivity contribution in [2.24, 2.45) is 0 Å². The van der Waals surface area contributed by atoms with Crippen molar-refractivity contribution in [1.82, 2.24) is 15.3 Å². The van der Waals surface area contributed by atoms with E-state index in [1.807, 2.05) is 31.0 Å². The first kappa shape index (κ1) is 18.7. The van der Waals surface area contributed by atoms with E-state index in [4.69, 9.17) is 0 Å². The highest BCUT2D eigenvalue weighted by atomic mass is 35.5. The molecule has 0 aliphatic carbocycles. The maximum Gasteiger partial charge on any atom is 0.227 e. The Hall–Kier alpha value is -0.670. The summed E-state index contributed by atoms with van der Waals surface area (Å²) in [6.07, 6.45) is 0.501. The number of carbonyl (C=O) groups excluding carboxylic acids is 1. The number of thioether (sulfide) groups is 1. The van der Waals surface area contributed by atoms with E-state index < -0.39 is 0 Å². The summed E-state index contributed by atoms with van der Waals surface area (Å²) in [7, 11) is 0. The Labute approximate surface area is 154 Å². The molecular formula is C14H19ClN4OS3. The molecule has 0 bridgehead atoms. The van der Waals surface area contributed by atoms with Gasteiger partial charge in [0.2, 0.25) is 5.91 Å². The summed E-state index contributed by atoms with van der Waals surface area (Å²) >= 11 is 4.99. The van der Waals surface area contributed by atoms with Crippen LogP contribution in [-0.4, -0.2) is 40.0 Å². The number of hydrogen-bond donors (Lipinski definition) is 2. The third kappa shape index (κ3) is 4.90. The lowest BCUT2D eigenvalue weighted by Gasteiger charge is -2.22. The normalized spacial score (nSPS) is 17.6. The highest BCUT2D eigenvalue weighted by Gasteiger charge is 2.18. The van der Waals surface area contributed by atoms with Gasteiger partial charge in [-0.25, -0.2) is 9.97 Å². The summed E-state index contributed by atoms with van der Waals surface area (Å²) in [5.41, 5.74) is 1.89. The lowest BCUT2D eigenvalue weighted by Crippen LogP contribution is -2.39. The van der Waals surface area contributed by atoms with Gasteiger partial charge in [0.05, 0.1) is 21.3 Å².